The normalized spacial score (nSPS) is 13.5. The first-order valence-electron chi connectivity index (χ1n) is 15.4. The molecule has 1 aliphatic rings. The summed E-state index contributed by atoms with van der Waals surface area (Å²) >= 11 is 0. The molecule has 0 saturated carbocycles. The number of nitrogen functional groups attached to an aromatic ring is 2. The molecule has 14 nitrogen and oxygen atoms in total. The minimum atomic E-state index is -0.724. The number of amides is 1. The molecule has 0 bridgehead atoms. The van der Waals surface area contributed by atoms with Crippen molar-refractivity contribution in [1.29, 1.82) is 0 Å². The van der Waals surface area contributed by atoms with Gasteiger partial charge in [0.15, 0.2) is 11.4 Å². The topological polar surface area (TPSA) is 200 Å². The van der Waals surface area contributed by atoms with Crippen LogP contribution in [0.4, 0.5) is 11.8 Å². The number of hydrogen-bond acceptors (Lipinski definition) is 13. The van der Waals surface area contributed by atoms with Gasteiger partial charge in [0.25, 0.3) is 5.91 Å². The highest BCUT2D eigenvalue weighted by atomic mass is 16.5. The molecule has 6 rings (SSSR count). The lowest BCUT2D eigenvalue weighted by Gasteiger charge is -2.17. The Morgan fingerprint density at radius 2 is 1.59 bits per heavy atom. The third-order valence-electron chi connectivity index (χ3n) is 8.07. The van der Waals surface area contributed by atoms with E-state index in [0.29, 0.717) is 28.8 Å². The number of nitrogens with one attached hydrogen (secondary N) is 1. The predicted octanol–water partition coefficient (Wildman–Crippen LogP) is 3.90. The van der Waals surface area contributed by atoms with Crippen LogP contribution in [-0.2, 0) is 14.2 Å². The Hall–Kier alpha value is -6.02. The number of carbonyl (C=O) groups is 3. The maximum Gasteiger partial charge on any atom is 0.356 e. The molecular weight excluding hydrogens is 632 g/mol. The summed E-state index contributed by atoms with van der Waals surface area (Å²) in [7, 11) is 2.41. The van der Waals surface area contributed by atoms with E-state index in [9.17, 15) is 14.4 Å². The van der Waals surface area contributed by atoms with Gasteiger partial charge in [0.2, 0.25) is 5.95 Å². The molecule has 1 unspecified atom stereocenters. The Morgan fingerprint density at radius 3 is 2.31 bits per heavy atom. The quantitative estimate of drug-likeness (QED) is 0.136. The lowest BCUT2D eigenvalue weighted by atomic mass is 9.87. The first-order valence-corrected chi connectivity index (χ1v) is 15.4. The highest BCUT2D eigenvalue weighted by Gasteiger charge is 2.30. The first kappa shape index (κ1) is 32.9. The Labute approximate surface area is 280 Å². The summed E-state index contributed by atoms with van der Waals surface area (Å²) in [5, 5.41) is 5.23. The fourth-order valence-corrected chi connectivity index (χ4v) is 5.87. The molecule has 252 valence electrons. The van der Waals surface area contributed by atoms with Gasteiger partial charge < -0.3 is 40.5 Å². The van der Waals surface area contributed by atoms with E-state index in [-0.39, 0.29) is 67.1 Å². The van der Waals surface area contributed by atoms with Crippen molar-refractivity contribution in [2.24, 2.45) is 0 Å². The number of pyridine rings is 1. The Morgan fingerprint density at radius 1 is 0.878 bits per heavy atom. The molecule has 14 heteroatoms. The zero-order chi connectivity index (χ0) is 34.7. The number of fused-ring (bicyclic) bond motifs is 4. The maximum atomic E-state index is 13.4. The van der Waals surface area contributed by atoms with Gasteiger partial charge in [-0.25, -0.2) is 19.6 Å². The van der Waals surface area contributed by atoms with Gasteiger partial charge >= 0.3 is 11.9 Å². The summed E-state index contributed by atoms with van der Waals surface area (Å²) in [4.78, 5) is 49.7. The van der Waals surface area contributed by atoms with Crippen LogP contribution in [-0.4, -0.2) is 80.0 Å². The lowest BCUT2D eigenvalue weighted by Crippen LogP contribution is -2.28. The van der Waals surface area contributed by atoms with Gasteiger partial charge in [-0.15, -0.1) is 0 Å². The Balaban J connectivity index is 1.12. The van der Waals surface area contributed by atoms with Crippen molar-refractivity contribution in [3.05, 3.63) is 77.1 Å². The standard InChI is InChI=1S/C35H34N6O8/c1-18-17-49-30-28(18)24(16-25-29(30)31(36)41-35(37)40-25)22-8-9-23(21-7-5-4-6-20(21)22)32(42)38-10-11-47-12-13-48-19-14-26(33(43)45-2)39-27(15-19)34(44)46-3/h4-9,14-16,18H,10-13,17H2,1-3H3,(H,38,42)(H4,36,37,40,41). The van der Waals surface area contributed by atoms with Crippen molar-refractivity contribution in [2.75, 3.05) is 58.7 Å². The van der Waals surface area contributed by atoms with Crippen LogP contribution in [0.2, 0.25) is 0 Å². The van der Waals surface area contributed by atoms with Crippen molar-refractivity contribution < 1.29 is 38.1 Å². The summed E-state index contributed by atoms with van der Waals surface area (Å²) in [6, 6.07) is 16.1. The molecule has 3 aromatic carbocycles. The minimum Gasteiger partial charge on any atom is -0.492 e. The smallest absolute Gasteiger partial charge is 0.356 e. The van der Waals surface area contributed by atoms with E-state index in [4.69, 9.17) is 25.7 Å². The van der Waals surface area contributed by atoms with E-state index < -0.39 is 11.9 Å². The molecular formula is C35H34N6O8. The van der Waals surface area contributed by atoms with Crippen LogP contribution in [0.25, 0.3) is 32.8 Å². The molecule has 0 radical (unpaired) electrons. The predicted molar refractivity (Wildman–Crippen MR) is 181 cm³/mol. The average molecular weight is 667 g/mol. The van der Waals surface area contributed by atoms with E-state index in [1.54, 1.807) is 6.07 Å². The third kappa shape index (κ3) is 6.58. The van der Waals surface area contributed by atoms with Crippen molar-refractivity contribution in [1.82, 2.24) is 20.3 Å². The highest BCUT2D eigenvalue weighted by molar-refractivity contribution is 6.12. The summed E-state index contributed by atoms with van der Waals surface area (Å²) < 4.78 is 26.7. The number of ether oxygens (including phenoxy) is 5. The first-order chi connectivity index (χ1) is 23.7. The van der Waals surface area contributed by atoms with E-state index >= 15 is 0 Å². The second-order valence-electron chi connectivity index (χ2n) is 11.2. The summed E-state index contributed by atoms with van der Waals surface area (Å²) in [6.07, 6.45) is 0. The fraction of sp³-hybridized carbons (Fsp3) is 0.257. The van der Waals surface area contributed by atoms with E-state index in [1.165, 1.54) is 26.4 Å². The SMILES string of the molecule is COC(=O)c1cc(OCCOCCNC(=O)c2ccc(-c3cc4nc(N)nc(N)c4c4c3C(C)CO4)c3ccccc23)cc(C(=O)OC)n1. The van der Waals surface area contributed by atoms with Crippen LogP contribution in [0.1, 0.15) is 49.7 Å². The number of esters is 2. The van der Waals surface area contributed by atoms with Crippen molar-refractivity contribution in [3.8, 4) is 22.6 Å². The lowest BCUT2D eigenvalue weighted by molar-refractivity contribution is 0.0583. The number of carbonyl (C=O) groups excluding carboxylic acids is 3. The third-order valence-corrected chi connectivity index (χ3v) is 8.07. The van der Waals surface area contributed by atoms with Gasteiger partial charge in [0, 0.05) is 35.7 Å². The molecule has 0 saturated heterocycles. The molecule has 2 aromatic heterocycles. The number of rotatable bonds is 11. The molecule has 0 aliphatic carbocycles. The number of hydrogen-bond donors (Lipinski definition) is 3. The molecule has 5 N–H and O–H groups in total. The van der Waals surface area contributed by atoms with Crippen molar-refractivity contribution >= 4 is 51.3 Å². The Kier molecular flexibility index (Phi) is 9.40. The van der Waals surface area contributed by atoms with Crippen LogP contribution in [0.15, 0.2) is 54.6 Å². The molecule has 0 spiro atoms. The van der Waals surface area contributed by atoms with Gasteiger partial charge in [0.05, 0.1) is 44.9 Å². The highest BCUT2D eigenvalue weighted by Crippen LogP contribution is 2.48. The number of nitrogens with two attached hydrogens (primary N) is 2. The van der Waals surface area contributed by atoms with Gasteiger partial charge in [-0.05, 0) is 34.0 Å². The minimum absolute atomic E-state index is 0.0764. The number of aromatic nitrogens is 3. The zero-order valence-electron chi connectivity index (χ0n) is 27.1. The van der Waals surface area contributed by atoms with Gasteiger partial charge in [0.1, 0.15) is 23.9 Å². The monoisotopic (exact) mass is 666 g/mol. The van der Waals surface area contributed by atoms with Gasteiger partial charge in [-0.1, -0.05) is 37.3 Å². The van der Waals surface area contributed by atoms with Crippen LogP contribution in [0, 0.1) is 0 Å². The number of methoxy groups -OCH3 is 2. The second-order valence-corrected chi connectivity index (χ2v) is 11.2. The van der Waals surface area contributed by atoms with Crippen molar-refractivity contribution in [2.45, 2.75) is 12.8 Å². The summed E-state index contributed by atoms with van der Waals surface area (Å²) in [5.74, 6) is -0.379. The summed E-state index contributed by atoms with van der Waals surface area (Å²) in [5.41, 5.74) is 15.9. The summed E-state index contributed by atoms with van der Waals surface area (Å²) in [6.45, 7) is 3.34. The van der Waals surface area contributed by atoms with Gasteiger partial charge in [-0.2, -0.15) is 4.98 Å². The zero-order valence-corrected chi connectivity index (χ0v) is 27.1. The maximum absolute atomic E-state index is 13.4. The molecule has 1 aliphatic heterocycles. The molecule has 1 atom stereocenters. The fourth-order valence-electron chi connectivity index (χ4n) is 5.87. The van der Waals surface area contributed by atoms with Crippen LogP contribution in [0.5, 0.6) is 11.5 Å². The number of nitrogens with zero attached hydrogens (tertiary/aromatic N) is 3. The molecule has 0 fully saturated rings. The van der Waals surface area contributed by atoms with Gasteiger partial charge in [-0.3, -0.25) is 4.79 Å². The second kappa shape index (κ2) is 14.0. The van der Waals surface area contributed by atoms with E-state index in [2.05, 4.69) is 36.7 Å². The largest absolute Gasteiger partial charge is 0.492 e. The van der Waals surface area contributed by atoms with Crippen molar-refractivity contribution in [3.63, 3.8) is 0 Å². The molecule has 5 aromatic rings. The molecule has 3 heterocycles. The Bertz CT molecular complexity index is 2070. The average Bonchev–Trinajstić information content (AvgIpc) is 3.50. The molecule has 1 amide bonds. The van der Waals surface area contributed by atoms with Crippen LogP contribution >= 0.6 is 0 Å². The van der Waals surface area contributed by atoms with E-state index in [0.717, 1.165) is 27.5 Å². The van der Waals surface area contributed by atoms with Crippen LogP contribution in [0.3, 0.4) is 0 Å². The van der Waals surface area contributed by atoms with Crippen LogP contribution < -0.4 is 26.3 Å². The number of benzene rings is 3. The molecule has 49 heavy (non-hydrogen) atoms. The van der Waals surface area contributed by atoms with E-state index in [1.807, 2.05) is 36.4 Å². The number of anilines is 2.